The molecule has 1 N–H and O–H groups in total. The molecule has 2 aliphatic rings. The zero-order valence-electron chi connectivity index (χ0n) is 14.1. The molecule has 2 heterocycles. The number of hydrogen-bond acceptors (Lipinski definition) is 6. The third-order valence-electron chi connectivity index (χ3n) is 4.61. The van der Waals surface area contributed by atoms with Crippen molar-refractivity contribution in [2.75, 3.05) is 24.6 Å². The Morgan fingerprint density at radius 3 is 2.85 bits per heavy atom. The molecule has 0 radical (unpaired) electrons. The summed E-state index contributed by atoms with van der Waals surface area (Å²) in [4.78, 5) is 25.2. The first kappa shape index (κ1) is 16.6. The van der Waals surface area contributed by atoms with Gasteiger partial charge in [-0.25, -0.2) is 0 Å². The normalized spacial score (nSPS) is 20.0. The molecule has 8 nitrogen and oxygen atoms in total. The Morgan fingerprint density at radius 2 is 2.15 bits per heavy atom. The van der Waals surface area contributed by atoms with Gasteiger partial charge in [-0.15, -0.1) is 0 Å². The number of furan rings is 1. The molecule has 0 bridgehead atoms. The number of rotatable bonds is 5. The maximum absolute atomic E-state index is 12.2. The summed E-state index contributed by atoms with van der Waals surface area (Å²) in [7, 11) is 0. The minimum absolute atomic E-state index is 0.0754. The van der Waals surface area contributed by atoms with Gasteiger partial charge in [-0.3, -0.25) is 14.9 Å². The minimum atomic E-state index is -0.444. The predicted molar refractivity (Wildman–Crippen MR) is 93.2 cm³/mol. The monoisotopic (exact) mass is 357 g/mol. The quantitative estimate of drug-likeness (QED) is 0.652. The molecule has 2 aromatic rings. The maximum atomic E-state index is 12.2. The van der Waals surface area contributed by atoms with E-state index in [0.717, 1.165) is 12.8 Å². The Morgan fingerprint density at radius 1 is 1.31 bits per heavy atom. The van der Waals surface area contributed by atoms with Crippen LogP contribution in [0.2, 0.25) is 0 Å². The van der Waals surface area contributed by atoms with Crippen LogP contribution in [0.1, 0.15) is 35.1 Å². The van der Waals surface area contributed by atoms with Crippen molar-refractivity contribution in [2.45, 2.75) is 25.0 Å². The summed E-state index contributed by atoms with van der Waals surface area (Å²) >= 11 is 0. The summed E-state index contributed by atoms with van der Waals surface area (Å²) in [6.07, 6.45) is 3.23. The zero-order chi connectivity index (χ0) is 18.1. The van der Waals surface area contributed by atoms with Gasteiger partial charge in [0, 0.05) is 24.2 Å². The number of benzene rings is 1. The van der Waals surface area contributed by atoms with E-state index in [-0.39, 0.29) is 23.7 Å². The topological polar surface area (TPSA) is 97.9 Å². The molecule has 1 saturated carbocycles. The highest BCUT2D eigenvalue weighted by Crippen LogP contribution is 2.33. The first-order valence-corrected chi connectivity index (χ1v) is 8.61. The number of anilines is 1. The van der Waals surface area contributed by atoms with Crippen LogP contribution in [0, 0.1) is 10.1 Å². The first-order valence-electron chi connectivity index (χ1n) is 8.61. The second kappa shape index (κ2) is 6.80. The number of nitro benzene ring substituents is 1. The van der Waals surface area contributed by atoms with E-state index in [1.807, 2.05) is 11.0 Å². The van der Waals surface area contributed by atoms with Crippen molar-refractivity contribution < 1.29 is 18.9 Å². The van der Waals surface area contributed by atoms with Crippen molar-refractivity contribution in [3.63, 3.8) is 0 Å². The Hall–Kier alpha value is -2.87. The maximum Gasteiger partial charge on any atom is 0.293 e. The standard InChI is InChI=1S/C18H19N3O5/c22-18(19-13-4-5-13)12-3-6-14(15(10-12)21(23)24)20-7-9-26-17(11-20)16-2-1-8-25-16/h1-3,6,8,10,13,17H,4-5,7,9,11H2,(H,19,22). The van der Waals surface area contributed by atoms with Gasteiger partial charge in [-0.2, -0.15) is 0 Å². The first-order chi connectivity index (χ1) is 12.6. The van der Waals surface area contributed by atoms with Crippen LogP contribution in [0.5, 0.6) is 0 Å². The van der Waals surface area contributed by atoms with Gasteiger partial charge in [0.25, 0.3) is 11.6 Å². The second-order valence-electron chi connectivity index (χ2n) is 6.53. The molecular weight excluding hydrogens is 338 g/mol. The number of amides is 1. The Kier molecular flexibility index (Phi) is 4.34. The van der Waals surface area contributed by atoms with E-state index in [2.05, 4.69) is 5.32 Å². The third-order valence-corrected chi connectivity index (χ3v) is 4.61. The molecule has 1 saturated heterocycles. The van der Waals surface area contributed by atoms with Crippen LogP contribution in [0.4, 0.5) is 11.4 Å². The van der Waals surface area contributed by atoms with Gasteiger partial charge >= 0.3 is 0 Å². The number of carbonyl (C=O) groups is 1. The lowest BCUT2D eigenvalue weighted by molar-refractivity contribution is -0.384. The van der Waals surface area contributed by atoms with E-state index in [1.165, 1.54) is 6.07 Å². The molecule has 1 aliphatic carbocycles. The van der Waals surface area contributed by atoms with Crippen LogP contribution >= 0.6 is 0 Å². The number of nitro groups is 1. The molecule has 136 valence electrons. The highest BCUT2D eigenvalue weighted by molar-refractivity contribution is 5.96. The molecule has 1 aliphatic heterocycles. The highest BCUT2D eigenvalue weighted by atomic mass is 16.6. The van der Waals surface area contributed by atoms with Gasteiger partial charge in [-0.05, 0) is 37.1 Å². The largest absolute Gasteiger partial charge is 0.467 e. The average molecular weight is 357 g/mol. The van der Waals surface area contributed by atoms with Gasteiger partial charge in [-0.1, -0.05) is 0 Å². The van der Waals surface area contributed by atoms with E-state index < -0.39 is 4.92 Å². The molecule has 1 atom stereocenters. The summed E-state index contributed by atoms with van der Waals surface area (Å²) in [6, 6.07) is 8.45. The van der Waals surface area contributed by atoms with Crippen molar-refractivity contribution >= 4 is 17.3 Å². The molecule has 1 amide bonds. The van der Waals surface area contributed by atoms with Crippen LogP contribution in [-0.2, 0) is 4.74 Å². The Bertz CT molecular complexity index is 816. The minimum Gasteiger partial charge on any atom is -0.467 e. The number of nitrogens with one attached hydrogen (secondary N) is 1. The van der Waals surface area contributed by atoms with Crippen molar-refractivity contribution in [3.05, 3.63) is 58.0 Å². The number of hydrogen-bond donors (Lipinski definition) is 1. The van der Waals surface area contributed by atoms with E-state index in [0.29, 0.717) is 36.7 Å². The molecule has 4 rings (SSSR count). The van der Waals surface area contributed by atoms with Gasteiger partial charge in [0.2, 0.25) is 0 Å². The summed E-state index contributed by atoms with van der Waals surface area (Å²) in [5.41, 5.74) is 0.717. The summed E-state index contributed by atoms with van der Waals surface area (Å²) < 4.78 is 11.1. The smallest absolute Gasteiger partial charge is 0.293 e. The van der Waals surface area contributed by atoms with Crippen molar-refractivity contribution in [1.29, 1.82) is 0 Å². The van der Waals surface area contributed by atoms with Crippen molar-refractivity contribution in [3.8, 4) is 0 Å². The van der Waals surface area contributed by atoms with Gasteiger partial charge in [0.15, 0.2) is 0 Å². The number of carbonyl (C=O) groups excluding carboxylic acids is 1. The van der Waals surface area contributed by atoms with E-state index >= 15 is 0 Å². The van der Waals surface area contributed by atoms with Crippen LogP contribution in [-0.4, -0.2) is 36.6 Å². The fourth-order valence-electron chi connectivity index (χ4n) is 3.09. The SMILES string of the molecule is O=C(NC1CC1)c1ccc(N2CCOC(c3ccco3)C2)c([N+](=O)[O-])c1. The fraction of sp³-hybridized carbons (Fsp3) is 0.389. The molecule has 0 spiro atoms. The lowest BCUT2D eigenvalue weighted by Gasteiger charge is -2.33. The van der Waals surface area contributed by atoms with Gasteiger partial charge < -0.3 is 19.4 Å². The second-order valence-corrected chi connectivity index (χ2v) is 6.53. The van der Waals surface area contributed by atoms with E-state index in [1.54, 1.807) is 24.5 Å². The van der Waals surface area contributed by atoms with Crippen LogP contribution in [0.15, 0.2) is 41.0 Å². The number of nitrogens with zero attached hydrogens (tertiary/aromatic N) is 2. The number of ether oxygens (including phenoxy) is 1. The molecule has 26 heavy (non-hydrogen) atoms. The molecule has 2 fully saturated rings. The summed E-state index contributed by atoms with van der Waals surface area (Å²) in [6.45, 7) is 1.42. The molecular formula is C18H19N3O5. The van der Waals surface area contributed by atoms with Crippen molar-refractivity contribution in [2.24, 2.45) is 0 Å². The molecule has 1 aromatic carbocycles. The Balaban J connectivity index is 1.58. The fourth-order valence-corrected chi connectivity index (χ4v) is 3.09. The summed E-state index contributed by atoms with van der Waals surface area (Å²) in [5, 5.41) is 14.4. The zero-order valence-corrected chi connectivity index (χ0v) is 14.1. The van der Waals surface area contributed by atoms with Gasteiger partial charge in [0.1, 0.15) is 17.6 Å². The Labute approximate surface area is 149 Å². The number of morpholine rings is 1. The third kappa shape index (κ3) is 3.41. The van der Waals surface area contributed by atoms with Gasteiger partial charge in [0.05, 0.1) is 24.3 Å². The molecule has 1 unspecified atom stereocenters. The van der Waals surface area contributed by atoms with E-state index in [4.69, 9.17) is 9.15 Å². The molecule has 8 heteroatoms. The van der Waals surface area contributed by atoms with Crippen LogP contribution in [0.3, 0.4) is 0 Å². The van der Waals surface area contributed by atoms with Crippen LogP contribution in [0.25, 0.3) is 0 Å². The predicted octanol–water partition coefficient (Wildman–Crippen LogP) is 2.66. The molecule has 1 aromatic heterocycles. The van der Waals surface area contributed by atoms with Crippen molar-refractivity contribution in [1.82, 2.24) is 5.32 Å². The highest BCUT2D eigenvalue weighted by Gasteiger charge is 2.30. The van der Waals surface area contributed by atoms with E-state index in [9.17, 15) is 14.9 Å². The summed E-state index contributed by atoms with van der Waals surface area (Å²) in [5.74, 6) is 0.426. The average Bonchev–Trinajstić information content (AvgIpc) is 3.30. The van der Waals surface area contributed by atoms with Crippen LogP contribution < -0.4 is 10.2 Å². The lowest BCUT2D eigenvalue weighted by Crippen LogP contribution is -2.38. The lowest BCUT2D eigenvalue weighted by atomic mass is 10.1.